The maximum atomic E-state index is 10.7. The van der Waals surface area contributed by atoms with Crippen molar-refractivity contribution in [1.29, 1.82) is 0 Å². The molecule has 0 heterocycles. The number of nitrogens with two attached hydrogens (primary N) is 1. The van der Waals surface area contributed by atoms with Crippen molar-refractivity contribution in [3.05, 3.63) is 0 Å². The average Bonchev–Trinajstić information content (AvgIpc) is 2.14. The Hall–Kier alpha value is -0.610. The zero-order valence-corrected chi connectivity index (χ0v) is 11.1. The largest absolute Gasteiger partial charge is 0.379 e. The van der Waals surface area contributed by atoms with Crippen LogP contribution >= 0.6 is 0 Å². The van der Waals surface area contributed by atoms with Crippen molar-refractivity contribution in [3.8, 4) is 0 Å². The van der Waals surface area contributed by atoms with Gasteiger partial charge in [-0.05, 0) is 40.5 Å². The second-order valence-corrected chi connectivity index (χ2v) is 5.29. The van der Waals surface area contributed by atoms with Crippen molar-refractivity contribution in [2.24, 2.45) is 5.73 Å². The summed E-state index contributed by atoms with van der Waals surface area (Å²) in [4.78, 5) is 10.7. The van der Waals surface area contributed by atoms with Gasteiger partial charge in [0.05, 0.1) is 17.8 Å². The first-order valence-electron chi connectivity index (χ1n) is 5.66. The first-order chi connectivity index (χ1) is 7.18. The lowest BCUT2D eigenvalue weighted by Crippen LogP contribution is -2.31. The van der Waals surface area contributed by atoms with Crippen LogP contribution in [-0.4, -0.2) is 30.8 Å². The molecule has 96 valence electrons. The van der Waals surface area contributed by atoms with E-state index in [2.05, 4.69) is 0 Å². The number of carbonyl (C=O) groups is 1. The van der Waals surface area contributed by atoms with Crippen molar-refractivity contribution in [3.63, 3.8) is 0 Å². The predicted octanol–water partition coefficient (Wildman–Crippen LogP) is 1.86. The van der Waals surface area contributed by atoms with E-state index in [0.717, 1.165) is 6.42 Å². The van der Waals surface area contributed by atoms with Gasteiger partial charge in [-0.1, -0.05) is 0 Å². The predicted molar refractivity (Wildman–Crippen MR) is 64.2 cm³/mol. The fourth-order valence-corrected chi connectivity index (χ4v) is 1.17. The molecule has 0 aromatic carbocycles. The zero-order chi connectivity index (χ0) is 12.8. The van der Waals surface area contributed by atoms with E-state index < -0.39 is 0 Å². The normalized spacial score (nSPS) is 12.8. The minimum atomic E-state index is -0.307. The molecule has 0 aliphatic heterocycles. The van der Waals surface area contributed by atoms with Gasteiger partial charge in [-0.3, -0.25) is 4.79 Å². The fraction of sp³-hybridized carbons (Fsp3) is 0.917. The molecule has 0 radical (unpaired) electrons. The Kier molecular flexibility index (Phi) is 5.97. The van der Waals surface area contributed by atoms with Gasteiger partial charge in [0.2, 0.25) is 5.91 Å². The molecule has 16 heavy (non-hydrogen) atoms. The van der Waals surface area contributed by atoms with E-state index in [-0.39, 0.29) is 17.1 Å². The van der Waals surface area contributed by atoms with E-state index >= 15 is 0 Å². The molecule has 0 saturated heterocycles. The first-order valence-corrected chi connectivity index (χ1v) is 5.66. The van der Waals surface area contributed by atoms with Crippen LogP contribution < -0.4 is 5.73 Å². The van der Waals surface area contributed by atoms with Crippen molar-refractivity contribution >= 4 is 5.91 Å². The number of amides is 1. The van der Waals surface area contributed by atoms with E-state index in [4.69, 9.17) is 15.2 Å². The topological polar surface area (TPSA) is 61.6 Å². The summed E-state index contributed by atoms with van der Waals surface area (Å²) in [6.07, 6.45) is 1.83. The third-order valence-corrected chi connectivity index (χ3v) is 2.72. The quantitative estimate of drug-likeness (QED) is 0.693. The third kappa shape index (κ3) is 7.65. The number of carbonyl (C=O) groups excluding carboxylic acids is 1. The van der Waals surface area contributed by atoms with Crippen LogP contribution in [-0.2, 0) is 14.3 Å². The van der Waals surface area contributed by atoms with Crippen LogP contribution in [0.2, 0.25) is 0 Å². The smallest absolute Gasteiger partial charge is 0.217 e. The van der Waals surface area contributed by atoms with Gasteiger partial charge in [-0.25, -0.2) is 0 Å². The van der Waals surface area contributed by atoms with Gasteiger partial charge >= 0.3 is 0 Å². The molecule has 2 N–H and O–H groups in total. The molecular weight excluding hydrogens is 206 g/mol. The molecule has 1 amide bonds. The van der Waals surface area contributed by atoms with E-state index in [0.29, 0.717) is 19.4 Å². The van der Waals surface area contributed by atoms with Gasteiger partial charge in [0.1, 0.15) is 0 Å². The molecule has 0 rings (SSSR count). The highest BCUT2D eigenvalue weighted by molar-refractivity contribution is 5.73. The Balaban J connectivity index is 3.86. The van der Waals surface area contributed by atoms with Crippen LogP contribution in [0.4, 0.5) is 0 Å². The summed E-state index contributed by atoms with van der Waals surface area (Å²) in [7, 11) is 1.69. The molecule has 0 aromatic heterocycles. The Morgan fingerprint density at radius 3 is 2.12 bits per heavy atom. The number of methoxy groups -OCH3 is 1. The van der Waals surface area contributed by atoms with Crippen molar-refractivity contribution < 1.29 is 14.3 Å². The fourth-order valence-electron chi connectivity index (χ4n) is 1.17. The van der Waals surface area contributed by atoms with Crippen LogP contribution in [0.15, 0.2) is 0 Å². The molecule has 4 heteroatoms. The van der Waals surface area contributed by atoms with Crippen LogP contribution in [0.1, 0.15) is 47.0 Å². The number of hydrogen-bond donors (Lipinski definition) is 1. The molecule has 0 aliphatic carbocycles. The summed E-state index contributed by atoms with van der Waals surface area (Å²) in [5, 5.41) is 0. The van der Waals surface area contributed by atoms with E-state index in [1.54, 1.807) is 7.11 Å². The summed E-state index contributed by atoms with van der Waals surface area (Å²) in [6.45, 7) is 8.59. The Bertz CT molecular complexity index is 224. The number of rotatable bonds is 8. The second kappa shape index (κ2) is 6.21. The lowest BCUT2D eigenvalue weighted by atomic mass is 10.0. The minimum absolute atomic E-state index is 0.167. The summed E-state index contributed by atoms with van der Waals surface area (Å²) < 4.78 is 11.0. The average molecular weight is 231 g/mol. The van der Waals surface area contributed by atoms with Crippen LogP contribution in [0.25, 0.3) is 0 Å². The molecule has 0 atom stereocenters. The SMILES string of the molecule is COC(C)(C)CCOC(C)(C)CCC(N)=O. The second-order valence-electron chi connectivity index (χ2n) is 5.29. The van der Waals surface area contributed by atoms with Crippen molar-refractivity contribution in [2.45, 2.75) is 58.2 Å². The monoisotopic (exact) mass is 231 g/mol. The van der Waals surface area contributed by atoms with Crippen LogP contribution in [0, 0.1) is 0 Å². The standard InChI is InChI=1S/C12H25NO3/c1-11(2,15-5)8-9-16-12(3,4)7-6-10(13)14/h6-9H2,1-5H3,(H2,13,14). The molecule has 0 spiro atoms. The maximum absolute atomic E-state index is 10.7. The number of primary amides is 1. The van der Waals surface area contributed by atoms with E-state index in [9.17, 15) is 4.79 Å². The molecule has 0 saturated carbocycles. The van der Waals surface area contributed by atoms with Crippen LogP contribution in [0.5, 0.6) is 0 Å². The highest BCUT2D eigenvalue weighted by atomic mass is 16.5. The molecule has 4 nitrogen and oxygen atoms in total. The summed E-state index contributed by atoms with van der Waals surface area (Å²) in [5.41, 5.74) is 4.63. The van der Waals surface area contributed by atoms with Gasteiger partial charge in [-0.2, -0.15) is 0 Å². The van der Waals surface area contributed by atoms with Crippen molar-refractivity contribution in [1.82, 2.24) is 0 Å². The first kappa shape index (κ1) is 15.4. The molecular formula is C12H25NO3. The highest BCUT2D eigenvalue weighted by Gasteiger charge is 2.22. The molecule has 0 fully saturated rings. The zero-order valence-electron chi connectivity index (χ0n) is 11.1. The Morgan fingerprint density at radius 2 is 1.69 bits per heavy atom. The molecule has 0 unspecified atom stereocenters. The lowest BCUT2D eigenvalue weighted by Gasteiger charge is -2.28. The highest BCUT2D eigenvalue weighted by Crippen LogP contribution is 2.19. The Labute approximate surface area is 98.5 Å². The maximum Gasteiger partial charge on any atom is 0.217 e. The van der Waals surface area contributed by atoms with Crippen molar-refractivity contribution in [2.75, 3.05) is 13.7 Å². The van der Waals surface area contributed by atoms with E-state index in [1.807, 2.05) is 27.7 Å². The minimum Gasteiger partial charge on any atom is -0.379 e. The van der Waals surface area contributed by atoms with Gasteiger partial charge in [0.25, 0.3) is 0 Å². The van der Waals surface area contributed by atoms with Gasteiger partial charge in [-0.15, -0.1) is 0 Å². The van der Waals surface area contributed by atoms with Gasteiger partial charge in [0, 0.05) is 13.5 Å². The number of ether oxygens (including phenoxy) is 2. The molecule has 0 aromatic rings. The molecule has 0 bridgehead atoms. The lowest BCUT2D eigenvalue weighted by molar-refractivity contribution is -0.120. The summed E-state index contributed by atoms with van der Waals surface area (Å²) in [5.74, 6) is -0.283. The summed E-state index contributed by atoms with van der Waals surface area (Å²) >= 11 is 0. The van der Waals surface area contributed by atoms with Gasteiger partial charge in [0.15, 0.2) is 0 Å². The number of hydrogen-bond acceptors (Lipinski definition) is 3. The molecule has 0 aliphatic rings. The van der Waals surface area contributed by atoms with E-state index in [1.165, 1.54) is 0 Å². The van der Waals surface area contributed by atoms with Gasteiger partial charge < -0.3 is 15.2 Å². The Morgan fingerprint density at radius 1 is 1.12 bits per heavy atom. The third-order valence-electron chi connectivity index (χ3n) is 2.72. The summed E-state index contributed by atoms with van der Waals surface area (Å²) in [6, 6.07) is 0. The van der Waals surface area contributed by atoms with Crippen LogP contribution in [0.3, 0.4) is 0 Å².